The van der Waals surface area contributed by atoms with Gasteiger partial charge in [-0.3, -0.25) is 14.4 Å². The first-order valence-corrected chi connectivity index (χ1v) is 11.1. The quantitative estimate of drug-likeness (QED) is 0.401. The third kappa shape index (κ3) is 1.60. The predicted molar refractivity (Wildman–Crippen MR) is 98.6 cm³/mol. The number of hydrogen-bond acceptors (Lipinski definition) is 5. The van der Waals surface area contributed by atoms with Crippen molar-refractivity contribution in [3.8, 4) is 0 Å². The molecule has 1 spiro atoms. The van der Waals surface area contributed by atoms with E-state index >= 15 is 0 Å². The van der Waals surface area contributed by atoms with E-state index in [0.717, 1.165) is 32.1 Å². The van der Waals surface area contributed by atoms with Crippen molar-refractivity contribution < 1.29 is 19.1 Å². The Bertz CT molecular complexity index is 759. The molecule has 1 aliphatic heterocycles. The maximum atomic E-state index is 13.8. The number of carbonyl (C=O) groups is 3. The normalized spacial score (nSPS) is 52.4. The maximum Gasteiger partial charge on any atom is 0.312 e. The average molecular weight is 375 g/mol. The fourth-order valence-electron chi connectivity index (χ4n) is 7.59. The number of ether oxygens (including phenoxy) is 1. The second-order valence-corrected chi connectivity index (χ2v) is 10.5. The number of hydrogen-bond donors (Lipinski definition) is 0. The number of Topliss-reactive ketones (excluding diaryl/α,β-unsaturated/α-hetero) is 2. The third-order valence-corrected chi connectivity index (χ3v) is 9.62. The van der Waals surface area contributed by atoms with E-state index in [1.807, 2.05) is 6.26 Å². The van der Waals surface area contributed by atoms with E-state index in [-0.39, 0.29) is 46.0 Å². The molecule has 4 bridgehead atoms. The first-order chi connectivity index (χ1) is 12.3. The minimum Gasteiger partial charge on any atom is -0.465 e. The van der Waals surface area contributed by atoms with Gasteiger partial charge in [0.05, 0.1) is 22.7 Å². The summed E-state index contributed by atoms with van der Waals surface area (Å²) in [5.74, 6) is -0.189. The van der Waals surface area contributed by atoms with Gasteiger partial charge in [0, 0.05) is 11.3 Å². The molecule has 1 saturated heterocycles. The Labute approximate surface area is 158 Å². The van der Waals surface area contributed by atoms with Crippen molar-refractivity contribution in [2.75, 3.05) is 12.9 Å². The third-order valence-electron chi connectivity index (χ3n) is 8.63. The molecule has 5 aliphatic carbocycles. The molecule has 0 N–H and O–H groups in total. The van der Waals surface area contributed by atoms with Gasteiger partial charge in [-0.1, -0.05) is 19.9 Å². The molecule has 0 aromatic rings. The summed E-state index contributed by atoms with van der Waals surface area (Å²) in [5.41, 5.74) is -1.22. The van der Waals surface area contributed by atoms with Crippen molar-refractivity contribution >= 4 is 29.3 Å². The number of ketones is 2. The molecule has 6 rings (SSSR count). The first kappa shape index (κ1) is 17.0. The van der Waals surface area contributed by atoms with Crippen molar-refractivity contribution in [2.24, 2.45) is 34.0 Å². The molecule has 1 heterocycles. The van der Waals surface area contributed by atoms with Crippen molar-refractivity contribution in [1.29, 1.82) is 0 Å². The van der Waals surface area contributed by atoms with Gasteiger partial charge in [-0.15, -0.1) is 0 Å². The lowest BCUT2D eigenvalue weighted by Gasteiger charge is -2.68. The van der Waals surface area contributed by atoms with Gasteiger partial charge in [-0.05, 0) is 55.8 Å². The Morgan fingerprint density at radius 1 is 1.19 bits per heavy atom. The monoisotopic (exact) mass is 374 g/mol. The molecular formula is C21H26O4S. The largest absolute Gasteiger partial charge is 0.465 e. The van der Waals surface area contributed by atoms with Crippen LogP contribution in [0.25, 0.3) is 0 Å². The van der Waals surface area contributed by atoms with E-state index in [0.29, 0.717) is 18.6 Å². The Morgan fingerprint density at radius 3 is 2.69 bits per heavy atom. The molecule has 26 heavy (non-hydrogen) atoms. The molecule has 0 amide bonds. The number of fused-ring (bicyclic) bond motifs is 2. The van der Waals surface area contributed by atoms with E-state index in [2.05, 4.69) is 13.5 Å². The number of allylic oxidation sites excluding steroid dienone is 1. The van der Waals surface area contributed by atoms with Gasteiger partial charge in [-0.25, -0.2) is 0 Å². The van der Waals surface area contributed by atoms with Gasteiger partial charge >= 0.3 is 5.97 Å². The summed E-state index contributed by atoms with van der Waals surface area (Å²) < 4.78 is 5.76. The zero-order valence-electron chi connectivity index (χ0n) is 15.5. The average Bonchev–Trinajstić information content (AvgIpc) is 2.63. The van der Waals surface area contributed by atoms with E-state index in [4.69, 9.17) is 4.74 Å². The lowest BCUT2D eigenvalue weighted by atomic mass is 9.35. The number of cyclic esters (lactones) is 1. The Hall–Kier alpha value is -1.10. The van der Waals surface area contributed by atoms with Gasteiger partial charge in [0.2, 0.25) is 0 Å². The van der Waals surface area contributed by atoms with Gasteiger partial charge in [0.1, 0.15) is 0 Å². The lowest BCUT2D eigenvalue weighted by molar-refractivity contribution is -0.229. The van der Waals surface area contributed by atoms with Gasteiger partial charge in [0.15, 0.2) is 11.6 Å². The van der Waals surface area contributed by atoms with Gasteiger partial charge < -0.3 is 4.74 Å². The number of esters is 1. The van der Waals surface area contributed by atoms with Crippen LogP contribution in [0.15, 0.2) is 12.2 Å². The van der Waals surface area contributed by atoms with Crippen LogP contribution in [0.1, 0.15) is 45.4 Å². The minimum absolute atomic E-state index is 0.0106. The Kier molecular flexibility index (Phi) is 3.30. The van der Waals surface area contributed by atoms with Crippen molar-refractivity contribution in [1.82, 2.24) is 0 Å². The molecule has 6 aliphatic rings. The van der Waals surface area contributed by atoms with E-state index < -0.39 is 10.8 Å². The van der Waals surface area contributed by atoms with Crippen LogP contribution in [0, 0.1) is 34.0 Å². The molecule has 6 fully saturated rings. The SMILES string of the molecule is C=C1C(=O)[C@]23CC[C@H]1CC2[C@@]12CCC[C@@](C)(COC1=O)C2[C@@H](SC)C3=O. The fraction of sp³-hybridized carbons (Fsp3) is 0.762. The van der Waals surface area contributed by atoms with Gasteiger partial charge in [0.25, 0.3) is 0 Å². The molecule has 5 heteroatoms. The summed E-state index contributed by atoms with van der Waals surface area (Å²) >= 11 is 1.54. The highest BCUT2D eigenvalue weighted by atomic mass is 32.2. The zero-order valence-corrected chi connectivity index (χ0v) is 16.3. The standard InChI is InChI=1S/C21H26O4S/c1-11-12-5-8-21(16(11)22)13(9-12)20-7-4-6-19(2,10-25-18(20)24)15(20)14(26-3)17(21)23/h12-15H,1,4-10H2,2-3H3/t12-,13?,14+,15?,19-,20+,21-/m0/s1. The second-order valence-electron chi connectivity index (χ2n) is 9.47. The van der Waals surface area contributed by atoms with Crippen LogP contribution in [0.3, 0.4) is 0 Å². The smallest absolute Gasteiger partial charge is 0.312 e. The Morgan fingerprint density at radius 2 is 1.96 bits per heavy atom. The molecule has 2 unspecified atom stereocenters. The van der Waals surface area contributed by atoms with Crippen LogP contribution in [0.4, 0.5) is 0 Å². The molecule has 0 aromatic carbocycles. The topological polar surface area (TPSA) is 60.4 Å². The maximum absolute atomic E-state index is 13.8. The van der Waals surface area contributed by atoms with Crippen LogP contribution in [-0.4, -0.2) is 35.6 Å². The highest BCUT2D eigenvalue weighted by Gasteiger charge is 2.78. The molecule has 140 valence electrons. The molecule has 7 atom stereocenters. The minimum atomic E-state index is -1.02. The molecule has 5 saturated carbocycles. The number of rotatable bonds is 1. The molecular weight excluding hydrogens is 348 g/mol. The zero-order chi connectivity index (χ0) is 18.5. The highest BCUT2D eigenvalue weighted by Crippen LogP contribution is 2.72. The fourth-order valence-corrected chi connectivity index (χ4v) is 8.86. The van der Waals surface area contributed by atoms with Crippen LogP contribution in [0.2, 0.25) is 0 Å². The van der Waals surface area contributed by atoms with Crippen molar-refractivity contribution in [3.05, 3.63) is 12.2 Å². The number of thioether (sulfide) groups is 1. The van der Waals surface area contributed by atoms with E-state index in [1.54, 1.807) is 11.8 Å². The first-order valence-electron chi connectivity index (χ1n) is 9.81. The summed E-state index contributed by atoms with van der Waals surface area (Å²) in [6.45, 7) is 6.64. The number of carbonyl (C=O) groups excluding carboxylic acids is 3. The molecule has 0 aromatic heterocycles. The van der Waals surface area contributed by atoms with Crippen LogP contribution in [-0.2, 0) is 19.1 Å². The predicted octanol–water partition coefficient (Wildman–Crippen LogP) is 3.19. The summed E-state index contributed by atoms with van der Waals surface area (Å²) in [6, 6.07) is 0. The van der Waals surface area contributed by atoms with Crippen LogP contribution in [0.5, 0.6) is 0 Å². The summed E-state index contributed by atoms with van der Waals surface area (Å²) in [6.07, 6.45) is 6.87. The van der Waals surface area contributed by atoms with Crippen LogP contribution >= 0.6 is 11.8 Å². The van der Waals surface area contributed by atoms with Gasteiger partial charge in [-0.2, -0.15) is 11.8 Å². The summed E-state index contributed by atoms with van der Waals surface area (Å²) in [4.78, 5) is 40.5. The molecule has 4 nitrogen and oxygen atoms in total. The summed E-state index contributed by atoms with van der Waals surface area (Å²) in [5, 5.41) is -0.296. The van der Waals surface area contributed by atoms with Crippen molar-refractivity contribution in [3.63, 3.8) is 0 Å². The molecule has 0 radical (unpaired) electrons. The summed E-state index contributed by atoms with van der Waals surface area (Å²) in [7, 11) is 0. The Balaban J connectivity index is 1.78. The van der Waals surface area contributed by atoms with Crippen LogP contribution < -0.4 is 0 Å². The highest BCUT2D eigenvalue weighted by molar-refractivity contribution is 8.00. The lowest BCUT2D eigenvalue weighted by Crippen LogP contribution is -2.75. The van der Waals surface area contributed by atoms with E-state index in [1.165, 1.54) is 0 Å². The van der Waals surface area contributed by atoms with Crippen molar-refractivity contribution in [2.45, 2.75) is 50.7 Å². The van der Waals surface area contributed by atoms with E-state index in [9.17, 15) is 14.4 Å². The second kappa shape index (κ2) is 5.03.